The van der Waals surface area contributed by atoms with Crippen molar-refractivity contribution in [2.75, 3.05) is 7.05 Å². The number of rotatable bonds is 1. The summed E-state index contributed by atoms with van der Waals surface area (Å²) in [4.78, 5) is 3.90. The molecule has 0 saturated heterocycles. The van der Waals surface area contributed by atoms with Gasteiger partial charge in [0.25, 0.3) is 0 Å². The highest BCUT2D eigenvalue weighted by Gasteiger charge is 1.91. The number of nitrogens with zero attached hydrogens (tertiary/aromatic N) is 2. The average Bonchev–Trinajstić information content (AvgIpc) is 2.15. The first-order chi connectivity index (χ1) is 4.29. The maximum Gasteiger partial charge on any atom is 0.0813 e. The fourth-order valence-electron chi connectivity index (χ4n) is 0.582. The fourth-order valence-corrected chi connectivity index (χ4v) is 0.582. The molecule has 0 aliphatic carbocycles. The normalized spacial score (nSPS) is 19.6. The van der Waals surface area contributed by atoms with Crippen LogP contribution in [0.1, 0.15) is 0 Å². The molecule has 0 aromatic rings. The van der Waals surface area contributed by atoms with Gasteiger partial charge < -0.3 is 0 Å². The lowest BCUT2D eigenvalue weighted by atomic mass is 10.5. The molecule has 0 atom stereocenters. The van der Waals surface area contributed by atoms with E-state index in [0.717, 1.165) is 10.8 Å². The molecule has 0 saturated carbocycles. The molecule has 9 heavy (non-hydrogen) atoms. The van der Waals surface area contributed by atoms with Crippen LogP contribution in [0.25, 0.3) is 0 Å². The molecule has 0 spiro atoms. The zero-order valence-corrected chi connectivity index (χ0v) is 5.15. The van der Waals surface area contributed by atoms with Gasteiger partial charge in [-0.25, -0.2) is 0 Å². The minimum absolute atomic E-state index is 0.764. The lowest BCUT2D eigenvalue weighted by Gasteiger charge is -2.00. The molecule has 0 aromatic heterocycles. The predicted octanol–water partition coefficient (Wildman–Crippen LogP) is 0.789. The summed E-state index contributed by atoms with van der Waals surface area (Å²) in [5.74, 6) is 0. The van der Waals surface area contributed by atoms with Crippen LogP contribution in [0, 0.1) is 0 Å². The Kier molecular flexibility index (Phi) is 1.65. The van der Waals surface area contributed by atoms with Crippen molar-refractivity contribution in [3.63, 3.8) is 0 Å². The number of hydroxylamine groups is 2. The topological polar surface area (TPSA) is 35.8 Å². The molecule has 1 heterocycles. The Balaban J connectivity index is 2.62. The summed E-state index contributed by atoms with van der Waals surface area (Å²) in [5, 5.41) is 9.64. The Labute approximate surface area is 53.6 Å². The van der Waals surface area contributed by atoms with Gasteiger partial charge in [-0.1, -0.05) is 0 Å². The van der Waals surface area contributed by atoms with Gasteiger partial charge in [0.1, 0.15) is 0 Å². The smallest absolute Gasteiger partial charge is 0.0813 e. The molecule has 0 aromatic carbocycles. The fraction of sp³-hybridized carbons (Fsp3) is 0.167. The lowest BCUT2D eigenvalue weighted by Crippen LogP contribution is -2.02. The van der Waals surface area contributed by atoms with Crippen LogP contribution in [-0.2, 0) is 0 Å². The summed E-state index contributed by atoms with van der Waals surface area (Å²) in [6.07, 6.45) is 6.83. The molecule has 0 amide bonds. The van der Waals surface area contributed by atoms with E-state index in [1.54, 1.807) is 6.21 Å². The first-order valence-corrected chi connectivity index (χ1v) is 2.63. The molecule has 0 bridgehead atoms. The summed E-state index contributed by atoms with van der Waals surface area (Å²) in [5.41, 5.74) is 0.764. The zero-order valence-electron chi connectivity index (χ0n) is 5.15. The molecular formula is C6H8N2O. The van der Waals surface area contributed by atoms with E-state index >= 15 is 0 Å². The van der Waals surface area contributed by atoms with Crippen LogP contribution in [0.15, 0.2) is 29.0 Å². The van der Waals surface area contributed by atoms with Crippen LogP contribution in [0.3, 0.4) is 0 Å². The first-order valence-electron chi connectivity index (χ1n) is 2.63. The predicted molar refractivity (Wildman–Crippen MR) is 35.3 cm³/mol. The van der Waals surface area contributed by atoms with Crippen LogP contribution in [0.5, 0.6) is 0 Å². The third kappa shape index (κ3) is 1.70. The van der Waals surface area contributed by atoms with Gasteiger partial charge in [-0.15, -0.1) is 0 Å². The van der Waals surface area contributed by atoms with Gasteiger partial charge in [-0.3, -0.25) is 15.3 Å². The first kappa shape index (κ1) is 6.04. The van der Waals surface area contributed by atoms with Crippen molar-refractivity contribution in [3.05, 3.63) is 24.0 Å². The van der Waals surface area contributed by atoms with Gasteiger partial charge in [-0.2, -0.15) is 0 Å². The Morgan fingerprint density at radius 2 is 2.56 bits per heavy atom. The molecule has 3 heteroatoms. The van der Waals surface area contributed by atoms with Crippen molar-refractivity contribution >= 4 is 6.21 Å². The number of hydrogen-bond acceptors (Lipinski definition) is 3. The van der Waals surface area contributed by atoms with Crippen LogP contribution in [-0.4, -0.2) is 23.5 Å². The van der Waals surface area contributed by atoms with Gasteiger partial charge >= 0.3 is 0 Å². The molecule has 1 aliphatic rings. The van der Waals surface area contributed by atoms with Crippen molar-refractivity contribution in [2.45, 2.75) is 0 Å². The van der Waals surface area contributed by atoms with E-state index in [9.17, 15) is 0 Å². The van der Waals surface area contributed by atoms with Gasteiger partial charge in [0.05, 0.1) is 11.9 Å². The molecule has 48 valence electrons. The third-order valence-electron chi connectivity index (χ3n) is 0.896. The summed E-state index contributed by atoms with van der Waals surface area (Å²) in [6.45, 7) is 0. The van der Waals surface area contributed by atoms with E-state index in [4.69, 9.17) is 5.21 Å². The highest BCUT2D eigenvalue weighted by molar-refractivity contribution is 5.76. The zero-order chi connectivity index (χ0) is 6.69. The highest BCUT2D eigenvalue weighted by atomic mass is 16.5. The van der Waals surface area contributed by atoms with E-state index in [0.29, 0.717) is 0 Å². The maximum absolute atomic E-state index is 8.66. The monoisotopic (exact) mass is 124 g/mol. The maximum atomic E-state index is 8.66. The second-order valence-electron chi connectivity index (χ2n) is 1.76. The van der Waals surface area contributed by atoms with Crippen molar-refractivity contribution in [1.29, 1.82) is 0 Å². The largest absolute Gasteiger partial charge is 0.289 e. The van der Waals surface area contributed by atoms with Crippen LogP contribution in [0.4, 0.5) is 0 Å². The average molecular weight is 124 g/mol. The van der Waals surface area contributed by atoms with E-state index in [-0.39, 0.29) is 0 Å². The molecule has 1 rings (SSSR count). The van der Waals surface area contributed by atoms with E-state index in [2.05, 4.69) is 4.99 Å². The summed E-state index contributed by atoms with van der Waals surface area (Å²) < 4.78 is 0. The van der Waals surface area contributed by atoms with E-state index < -0.39 is 0 Å². The van der Waals surface area contributed by atoms with Gasteiger partial charge in [0.15, 0.2) is 0 Å². The Bertz CT molecular complexity index is 165. The summed E-state index contributed by atoms with van der Waals surface area (Å²) in [6, 6.07) is 0. The SMILES string of the molecule is CN(O)/C=C1\C=CC=N1. The lowest BCUT2D eigenvalue weighted by molar-refractivity contribution is -0.0135. The minimum atomic E-state index is 0.764. The summed E-state index contributed by atoms with van der Waals surface area (Å²) >= 11 is 0. The Morgan fingerprint density at radius 3 is 3.00 bits per heavy atom. The van der Waals surface area contributed by atoms with Crippen LogP contribution < -0.4 is 0 Å². The molecule has 1 N–H and O–H groups in total. The summed E-state index contributed by atoms with van der Waals surface area (Å²) in [7, 11) is 1.54. The molecule has 0 radical (unpaired) electrons. The Morgan fingerprint density at radius 1 is 1.78 bits per heavy atom. The highest BCUT2D eigenvalue weighted by Crippen LogP contribution is 2.03. The quantitative estimate of drug-likeness (QED) is 0.524. The molecule has 3 nitrogen and oxygen atoms in total. The van der Waals surface area contributed by atoms with E-state index in [1.165, 1.54) is 13.2 Å². The molecular weight excluding hydrogens is 116 g/mol. The Hall–Kier alpha value is -1.09. The van der Waals surface area contributed by atoms with Gasteiger partial charge in [0.2, 0.25) is 0 Å². The number of allylic oxidation sites excluding steroid dienone is 2. The van der Waals surface area contributed by atoms with Gasteiger partial charge in [-0.05, 0) is 12.2 Å². The third-order valence-corrected chi connectivity index (χ3v) is 0.896. The molecule has 1 aliphatic heterocycles. The minimum Gasteiger partial charge on any atom is -0.289 e. The number of hydrogen-bond donors (Lipinski definition) is 1. The van der Waals surface area contributed by atoms with E-state index in [1.807, 2.05) is 12.2 Å². The standard InChI is InChI=1S/C6H8N2O/c1-8(9)5-6-3-2-4-7-6/h2-5,9H,1H3/b6-5+. The number of aliphatic imine (C=N–C) groups is 1. The molecule has 0 unspecified atom stereocenters. The second-order valence-corrected chi connectivity index (χ2v) is 1.76. The van der Waals surface area contributed by atoms with Crippen LogP contribution in [0.2, 0.25) is 0 Å². The van der Waals surface area contributed by atoms with Crippen molar-refractivity contribution in [1.82, 2.24) is 5.06 Å². The van der Waals surface area contributed by atoms with Gasteiger partial charge in [0, 0.05) is 13.3 Å². The molecule has 0 fully saturated rings. The van der Waals surface area contributed by atoms with Crippen molar-refractivity contribution in [3.8, 4) is 0 Å². The van der Waals surface area contributed by atoms with Crippen molar-refractivity contribution < 1.29 is 5.21 Å². The second kappa shape index (κ2) is 2.46. The van der Waals surface area contributed by atoms with Crippen molar-refractivity contribution in [2.24, 2.45) is 4.99 Å². The van der Waals surface area contributed by atoms with Crippen LogP contribution >= 0.6 is 0 Å².